The Hall–Kier alpha value is -2.51. The average Bonchev–Trinajstić information content (AvgIpc) is 2.45. The normalized spacial score (nSPS) is 16.9. The van der Waals surface area contributed by atoms with Crippen LogP contribution in [0.1, 0.15) is 22.6 Å². The molecule has 2 heterocycles. The maximum atomic E-state index is 9.43. The Bertz CT molecular complexity index is 792. The predicted molar refractivity (Wildman–Crippen MR) is 79.7 cm³/mol. The summed E-state index contributed by atoms with van der Waals surface area (Å²) >= 11 is 6.00. The van der Waals surface area contributed by atoms with E-state index >= 15 is 0 Å². The Morgan fingerprint density at radius 1 is 1.33 bits per heavy atom. The van der Waals surface area contributed by atoms with Crippen molar-refractivity contribution in [3.63, 3.8) is 0 Å². The number of nitrogens with zero attached hydrogens (tertiary/aromatic N) is 2. The molecule has 21 heavy (non-hydrogen) atoms. The number of halogens is 1. The molecule has 5 heteroatoms. The van der Waals surface area contributed by atoms with Crippen LogP contribution in [0, 0.1) is 18.3 Å². The molecule has 2 aromatic rings. The second-order valence-electron chi connectivity index (χ2n) is 4.90. The minimum absolute atomic E-state index is 0.110. The first-order chi connectivity index (χ1) is 10.1. The third-order valence-electron chi connectivity index (χ3n) is 3.41. The van der Waals surface area contributed by atoms with Gasteiger partial charge in [0.25, 0.3) is 0 Å². The fourth-order valence-corrected chi connectivity index (χ4v) is 2.67. The molecule has 0 saturated carbocycles. The molecular formula is C16H12ClN3O. The monoisotopic (exact) mass is 297 g/mol. The van der Waals surface area contributed by atoms with Crippen LogP contribution >= 0.6 is 11.6 Å². The van der Waals surface area contributed by atoms with E-state index in [1.807, 2.05) is 19.1 Å². The highest BCUT2D eigenvalue weighted by molar-refractivity contribution is 6.30. The number of benzene rings is 1. The van der Waals surface area contributed by atoms with E-state index in [2.05, 4.69) is 11.1 Å². The first-order valence-corrected chi connectivity index (χ1v) is 6.76. The van der Waals surface area contributed by atoms with E-state index in [1.54, 1.807) is 24.5 Å². The standard InChI is InChI=1S/C16H12ClN3O/c1-9-4-10(8-20-7-9)15-12-3-2-11(17)5-14(12)21-16(19)13(15)6-18/h2-5,7-8,15H,19H2,1H3. The fourth-order valence-electron chi connectivity index (χ4n) is 2.51. The lowest BCUT2D eigenvalue weighted by atomic mass is 9.84. The fraction of sp³-hybridized carbons (Fsp3) is 0.125. The lowest BCUT2D eigenvalue weighted by Gasteiger charge is -2.26. The van der Waals surface area contributed by atoms with Crippen molar-refractivity contribution in [1.82, 2.24) is 4.98 Å². The van der Waals surface area contributed by atoms with Crippen molar-refractivity contribution < 1.29 is 4.74 Å². The number of fused-ring (bicyclic) bond motifs is 1. The molecule has 3 rings (SSSR count). The van der Waals surface area contributed by atoms with Crippen LogP contribution in [0.4, 0.5) is 0 Å². The van der Waals surface area contributed by atoms with Crippen molar-refractivity contribution in [3.05, 3.63) is 69.8 Å². The lowest BCUT2D eigenvalue weighted by Crippen LogP contribution is -2.21. The molecule has 0 spiro atoms. The number of nitriles is 1. The molecule has 1 aromatic carbocycles. The second-order valence-corrected chi connectivity index (χ2v) is 5.34. The highest BCUT2D eigenvalue weighted by atomic mass is 35.5. The van der Waals surface area contributed by atoms with E-state index in [1.165, 1.54) is 0 Å². The molecule has 2 N–H and O–H groups in total. The number of hydrogen-bond acceptors (Lipinski definition) is 4. The van der Waals surface area contributed by atoms with Crippen molar-refractivity contribution >= 4 is 11.6 Å². The Balaban J connectivity index is 2.24. The summed E-state index contributed by atoms with van der Waals surface area (Å²) in [6.45, 7) is 1.96. The Kier molecular flexibility index (Phi) is 3.28. The van der Waals surface area contributed by atoms with Gasteiger partial charge in [0.1, 0.15) is 17.4 Å². The molecule has 0 aliphatic carbocycles. The first kappa shape index (κ1) is 13.5. The molecule has 1 aromatic heterocycles. The van der Waals surface area contributed by atoms with Gasteiger partial charge in [0.2, 0.25) is 5.88 Å². The SMILES string of the molecule is Cc1cncc(C2C(C#N)=C(N)Oc3cc(Cl)ccc32)c1. The van der Waals surface area contributed by atoms with Gasteiger partial charge in [0.15, 0.2) is 0 Å². The van der Waals surface area contributed by atoms with Gasteiger partial charge >= 0.3 is 0 Å². The number of nitrogens with two attached hydrogens (primary N) is 1. The molecule has 0 bridgehead atoms. The molecule has 1 aliphatic heterocycles. The van der Waals surface area contributed by atoms with Crippen LogP contribution in [0.25, 0.3) is 0 Å². The van der Waals surface area contributed by atoms with Crippen LogP contribution < -0.4 is 10.5 Å². The number of ether oxygens (including phenoxy) is 1. The largest absolute Gasteiger partial charge is 0.440 e. The van der Waals surface area contributed by atoms with Gasteiger partial charge in [-0.3, -0.25) is 4.98 Å². The maximum absolute atomic E-state index is 9.43. The van der Waals surface area contributed by atoms with Crippen molar-refractivity contribution in [3.8, 4) is 11.8 Å². The highest BCUT2D eigenvalue weighted by Gasteiger charge is 2.30. The molecule has 1 atom stereocenters. The summed E-state index contributed by atoms with van der Waals surface area (Å²) in [6.07, 6.45) is 3.51. The molecule has 0 amide bonds. The van der Waals surface area contributed by atoms with Gasteiger partial charge < -0.3 is 10.5 Å². The quantitative estimate of drug-likeness (QED) is 0.877. The van der Waals surface area contributed by atoms with Crippen LogP contribution in [0.15, 0.2) is 48.1 Å². The Labute approximate surface area is 127 Å². The Morgan fingerprint density at radius 2 is 2.14 bits per heavy atom. The van der Waals surface area contributed by atoms with Gasteiger partial charge in [-0.15, -0.1) is 0 Å². The smallest absolute Gasteiger partial charge is 0.205 e. The number of hydrogen-bond donors (Lipinski definition) is 1. The zero-order valence-corrected chi connectivity index (χ0v) is 12.1. The van der Waals surface area contributed by atoms with Crippen LogP contribution in [0.3, 0.4) is 0 Å². The molecule has 1 unspecified atom stereocenters. The van der Waals surface area contributed by atoms with Crippen molar-refractivity contribution in [2.75, 3.05) is 0 Å². The van der Waals surface area contributed by atoms with Gasteiger partial charge in [-0.2, -0.15) is 5.26 Å². The van der Waals surface area contributed by atoms with E-state index in [-0.39, 0.29) is 11.8 Å². The molecular weight excluding hydrogens is 286 g/mol. The summed E-state index contributed by atoms with van der Waals surface area (Å²) < 4.78 is 5.53. The predicted octanol–water partition coefficient (Wildman–Crippen LogP) is 3.26. The molecule has 0 saturated heterocycles. The van der Waals surface area contributed by atoms with E-state index in [4.69, 9.17) is 22.1 Å². The number of pyridine rings is 1. The van der Waals surface area contributed by atoms with Crippen LogP contribution in [0.5, 0.6) is 5.75 Å². The van der Waals surface area contributed by atoms with Crippen LogP contribution in [-0.2, 0) is 0 Å². The minimum Gasteiger partial charge on any atom is -0.440 e. The summed E-state index contributed by atoms with van der Waals surface area (Å²) in [5.74, 6) is 0.396. The summed E-state index contributed by atoms with van der Waals surface area (Å²) in [4.78, 5) is 4.20. The maximum Gasteiger partial charge on any atom is 0.205 e. The van der Waals surface area contributed by atoms with E-state index in [0.717, 1.165) is 16.7 Å². The van der Waals surface area contributed by atoms with Gasteiger partial charge in [-0.05, 0) is 30.2 Å². The number of allylic oxidation sites excluding steroid dienone is 1. The van der Waals surface area contributed by atoms with Crippen LogP contribution in [-0.4, -0.2) is 4.98 Å². The third-order valence-corrected chi connectivity index (χ3v) is 3.65. The van der Waals surface area contributed by atoms with E-state index in [9.17, 15) is 5.26 Å². The number of rotatable bonds is 1. The summed E-state index contributed by atoms with van der Waals surface area (Å²) in [7, 11) is 0. The number of aromatic nitrogens is 1. The number of aryl methyl sites for hydroxylation is 1. The van der Waals surface area contributed by atoms with Gasteiger partial charge in [-0.25, -0.2) is 0 Å². The average molecular weight is 298 g/mol. The van der Waals surface area contributed by atoms with E-state index in [0.29, 0.717) is 16.3 Å². The zero-order valence-electron chi connectivity index (χ0n) is 11.3. The zero-order chi connectivity index (χ0) is 15.0. The van der Waals surface area contributed by atoms with Crippen LogP contribution in [0.2, 0.25) is 5.02 Å². The summed E-state index contributed by atoms with van der Waals surface area (Å²) in [5, 5.41) is 9.99. The van der Waals surface area contributed by atoms with Crippen molar-refractivity contribution in [1.29, 1.82) is 5.26 Å². The molecule has 0 radical (unpaired) electrons. The molecule has 104 valence electrons. The van der Waals surface area contributed by atoms with Gasteiger partial charge in [0, 0.05) is 23.0 Å². The minimum atomic E-state index is -0.289. The second kappa shape index (κ2) is 5.12. The topological polar surface area (TPSA) is 71.9 Å². The van der Waals surface area contributed by atoms with Gasteiger partial charge in [-0.1, -0.05) is 23.7 Å². The van der Waals surface area contributed by atoms with E-state index < -0.39 is 0 Å². The summed E-state index contributed by atoms with van der Waals surface area (Å²) in [5.41, 5.74) is 9.06. The van der Waals surface area contributed by atoms with Crippen molar-refractivity contribution in [2.24, 2.45) is 5.73 Å². The molecule has 0 fully saturated rings. The first-order valence-electron chi connectivity index (χ1n) is 6.38. The Morgan fingerprint density at radius 3 is 2.86 bits per heavy atom. The molecule has 1 aliphatic rings. The molecule has 4 nitrogen and oxygen atoms in total. The lowest BCUT2D eigenvalue weighted by molar-refractivity contribution is 0.393. The highest BCUT2D eigenvalue weighted by Crippen LogP contribution is 2.42. The summed E-state index contributed by atoms with van der Waals surface area (Å²) in [6, 6.07) is 9.47. The third kappa shape index (κ3) is 2.32. The van der Waals surface area contributed by atoms with Crippen molar-refractivity contribution in [2.45, 2.75) is 12.8 Å². The van der Waals surface area contributed by atoms with Gasteiger partial charge in [0.05, 0.1) is 5.92 Å².